The maximum absolute atomic E-state index is 11.2. The molecule has 0 saturated carbocycles. The summed E-state index contributed by atoms with van der Waals surface area (Å²) in [4.78, 5) is 21.9. The molecular formula is C10H18N2O3. The van der Waals surface area contributed by atoms with Crippen LogP contribution >= 0.6 is 0 Å². The van der Waals surface area contributed by atoms with Gasteiger partial charge in [-0.25, -0.2) is 0 Å². The van der Waals surface area contributed by atoms with Crippen molar-refractivity contribution in [2.24, 2.45) is 5.41 Å². The Morgan fingerprint density at radius 3 is 2.53 bits per heavy atom. The monoisotopic (exact) mass is 214 g/mol. The molecule has 0 saturated heterocycles. The lowest BCUT2D eigenvalue weighted by Gasteiger charge is -2.19. The Bertz CT molecular complexity index is 249. The molecule has 0 radical (unpaired) electrons. The normalized spacial score (nSPS) is 10.8. The molecule has 0 aromatic carbocycles. The molecule has 5 heteroatoms. The average molecular weight is 214 g/mol. The number of carboxylic acid groups (broad SMARTS) is 1. The van der Waals surface area contributed by atoms with Crippen molar-refractivity contribution in [1.29, 1.82) is 0 Å². The zero-order valence-corrected chi connectivity index (χ0v) is 9.17. The molecule has 0 aliphatic carbocycles. The first-order valence-electron chi connectivity index (χ1n) is 4.72. The van der Waals surface area contributed by atoms with E-state index in [2.05, 4.69) is 17.2 Å². The van der Waals surface area contributed by atoms with Crippen LogP contribution in [0.2, 0.25) is 0 Å². The van der Waals surface area contributed by atoms with E-state index in [1.54, 1.807) is 19.9 Å². The molecule has 0 aromatic heterocycles. The number of nitrogens with one attached hydrogen (secondary N) is 2. The van der Waals surface area contributed by atoms with Crippen LogP contribution in [-0.2, 0) is 9.59 Å². The highest BCUT2D eigenvalue weighted by Gasteiger charge is 2.27. The molecule has 0 aliphatic heterocycles. The average Bonchev–Trinajstić information content (AvgIpc) is 2.15. The summed E-state index contributed by atoms with van der Waals surface area (Å²) in [5.41, 5.74) is -0.936. The maximum atomic E-state index is 11.2. The predicted octanol–water partition coefficient (Wildman–Crippen LogP) is -0.0110. The summed E-state index contributed by atoms with van der Waals surface area (Å²) in [6, 6.07) is 0. The fourth-order valence-electron chi connectivity index (χ4n) is 0.745. The second-order valence-electron chi connectivity index (χ2n) is 3.89. The summed E-state index contributed by atoms with van der Waals surface area (Å²) in [5, 5.41) is 14.2. The topological polar surface area (TPSA) is 78.4 Å². The van der Waals surface area contributed by atoms with E-state index in [4.69, 9.17) is 5.11 Å². The molecule has 0 atom stereocenters. The molecule has 0 fully saturated rings. The Morgan fingerprint density at radius 2 is 2.07 bits per heavy atom. The van der Waals surface area contributed by atoms with Crippen LogP contribution in [-0.4, -0.2) is 36.6 Å². The Labute approximate surface area is 89.6 Å². The minimum Gasteiger partial charge on any atom is -0.481 e. The van der Waals surface area contributed by atoms with Gasteiger partial charge in [0, 0.05) is 13.1 Å². The van der Waals surface area contributed by atoms with E-state index < -0.39 is 11.4 Å². The Kier molecular flexibility index (Phi) is 5.62. The quantitative estimate of drug-likeness (QED) is 0.411. The summed E-state index contributed by atoms with van der Waals surface area (Å²) in [6.07, 6.45) is 1.65. The Morgan fingerprint density at radius 1 is 1.47 bits per heavy atom. The van der Waals surface area contributed by atoms with Crippen molar-refractivity contribution < 1.29 is 14.7 Å². The third kappa shape index (κ3) is 5.85. The Balaban J connectivity index is 3.80. The third-order valence-electron chi connectivity index (χ3n) is 1.88. The molecular weight excluding hydrogens is 196 g/mol. The molecule has 0 aliphatic rings. The van der Waals surface area contributed by atoms with Crippen molar-refractivity contribution in [1.82, 2.24) is 10.6 Å². The number of aliphatic carboxylic acids is 1. The van der Waals surface area contributed by atoms with Crippen LogP contribution in [0.15, 0.2) is 12.7 Å². The number of carbonyl (C=O) groups excluding carboxylic acids is 1. The molecule has 86 valence electrons. The van der Waals surface area contributed by atoms with Crippen molar-refractivity contribution in [3.05, 3.63) is 12.7 Å². The summed E-state index contributed by atoms with van der Waals surface area (Å²) in [6.45, 7) is 7.46. The van der Waals surface area contributed by atoms with E-state index in [0.29, 0.717) is 6.54 Å². The number of hydrogen-bond acceptors (Lipinski definition) is 3. The first-order chi connectivity index (χ1) is 6.90. The zero-order valence-electron chi connectivity index (χ0n) is 9.17. The van der Waals surface area contributed by atoms with E-state index in [-0.39, 0.29) is 19.0 Å². The van der Waals surface area contributed by atoms with Crippen LogP contribution in [0.25, 0.3) is 0 Å². The van der Waals surface area contributed by atoms with Gasteiger partial charge in [-0.1, -0.05) is 6.08 Å². The SMILES string of the molecule is C=CCNCC(=O)NCC(C)(C)C(=O)O. The van der Waals surface area contributed by atoms with Gasteiger partial charge in [-0.3, -0.25) is 9.59 Å². The minimum atomic E-state index is -0.936. The van der Waals surface area contributed by atoms with Crippen LogP contribution in [0, 0.1) is 5.41 Å². The van der Waals surface area contributed by atoms with Crippen LogP contribution < -0.4 is 10.6 Å². The molecule has 0 aromatic rings. The molecule has 3 N–H and O–H groups in total. The summed E-state index contributed by atoms with van der Waals surface area (Å²) in [7, 11) is 0. The van der Waals surface area contributed by atoms with Gasteiger partial charge >= 0.3 is 5.97 Å². The molecule has 15 heavy (non-hydrogen) atoms. The summed E-state index contributed by atoms with van der Waals surface area (Å²) < 4.78 is 0. The van der Waals surface area contributed by atoms with Crippen molar-refractivity contribution in [2.45, 2.75) is 13.8 Å². The fourth-order valence-corrected chi connectivity index (χ4v) is 0.745. The van der Waals surface area contributed by atoms with Gasteiger partial charge in [-0.15, -0.1) is 6.58 Å². The molecule has 0 spiro atoms. The highest BCUT2D eigenvalue weighted by atomic mass is 16.4. The van der Waals surface area contributed by atoms with Gasteiger partial charge in [0.1, 0.15) is 0 Å². The first-order valence-corrected chi connectivity index (χ1v) is 4.72. The summed E-state index contributed by atoms with van der Waals surface area (Å²) in [5.74, 6) is -1.15. The highest BCUT2D eigenvalue weighted by molar-refractivity contribution is 5.80. The van der Waals surface area contributed by atoms with E-state index in [9.17, 15) is 9.59 Å². The van der Waals surface area contributed by atoms with E-state index >= 15 is 0 Å². The molecule has 1 amide bonds. The van der Waals surface area contributed by atoms with E-state index in [0.717, 1.165) is 0 Å². The largest absolute Gasteiger partial charge is 0.481 e. The number of carbonyl (C=O) groups is 2. The number of hydrogen-bond donors (Lipinski definition) is 3. The lowest BCUT2D eigenvalue weighted by Crippen LogP contribution is -2.42. The van der Waals surface area contributed by atoms with Crippen molar-refractivity contribution >= 4 is 11.9 Å². The third-order valence-corrected chi connectivity index (χ3v) is 1.88. The van der Waals surface area contributed by atoms with Gasteiger partial charge < -0.3 is 15.7 Å². The maximum Gasteiger partial charge on any atom is 0.310 e. The smallest absolute Gasteiger partial charge is 0.310 e. The second-order valence-corrected chi connectivity index (χ2v) is 3.89. The van der Waals surface area contributed by atoms with Crippen LogP contribution in [0.1, 0.15) is 13.8 Å². The zero-order chi connectivity index (χ0) is 11.9. The minimum absolute atomic E-state index is 0.122. The Hall–Kier alpha value is -1.36. The van der Waals surface area contributed by atoms with Crippen molar-refractivity contribution in [3.63, 3.8) is 0 Å². The molecule has 0 bridgehead atoms. The van der Waals surface area contributed by atoms with Gasteiger partial charge in [0.05, 0.1) is 12.0 Å². The van der Waals surface area contributed by atoms with Gasteiger partial charge in [-0.05, 0) is 13.8 Å². The molecule has 5 nitrogen and oxygen atoms in total. The highest BCUT2D eigenvalue weighted by Crippen LogP contribution is 2.12. The van der Waals surface area contributed by atoms with Gasteiger partial charge in [0.2, 0.25) is 5.91 Å². The van der Waals surface area contributed by atoms with Gasteiger partial charge in [0.15, 0.2) is 0 Å². The van der Waals surface area contributed by atoms with Crippen LogP contribution in [0.5, 0.6) is 0 Å². The first kappa shape index (κ1) is 13.6. The van der Waals surface area contributed by atoms with Gasteiger partial charge in [-0.2, -0.15) is 0 Å². The standard InChI is InChI=1S/C10H18N2O3/c1-4-5-11-6-8(13)12-7-10(2,3)9(14)15/h4,11H,1,5-7H2,2-3H3,(H,12,13)(H,14,15). The van der Waals surface area contributed by atoms with Crippen molar-refractivity contribution in [3.8, 4) is 0 Å². The molecule has 0 heterocycles. The molecule has 0 rings (SSSR count). The molecule has 0 unspecified atom stereocenters. The second kappa shape index (κ2) is 6.19. The predicted molar refractivity (Wildman–Crippen MR) is 57.5 cm³/mol. The lowest BCUT2D eigenvalue weighted by molar-refractivity contribution is -0.146. The van der Waals surface area contributed by atoms with E-state index in [1.165, 1.54) is 0 Å². The van der Waals surface area contributed by atoms with Gasteiger partial charge in [0.25, 0.3) is 0 Å². The number of carboxylic acids is 1. The van der Waals surface area contributed by atoms with Crippen molar-refractivity contribution in [2.75, 3.05) is 19.6 Å². The summed E-state index contributed by atoms with van der Waals surface area (Å²) >= 11 is 0. The van der Waals surface area contributed by atoms with E-state index in [1.807, 2.05) is 0 Å². The number of rotatable bonds is 7. The lowest BCUT2D eigenvalue weighted by atomic mass is 9.94. The van der Waals surface area contributed by atoms with Crippen LogP contribution in [0.4, 0.5) is 0 Å². The number of amides is 1. The fraction of sp³-hybridized carbons (Fsp3) is 0.600. The van der Waals surface area contributed by atoms with Crippen LogP contribution in [0.3, 0.4) is 0 Å².